The van der Waals surface area contributed by atoms with Crippen molar-refractivity contribution in [2.45, 2.75) is 6.18 Å². The number of non-ortho nitro benzene ring substituents is 1. The lowest BCUT2D eigenvalue weighted by atomic mass is 10.1. The van der Waals surface area contributed by atoms with Gasteiger partial charge in [-0.15, -0.1) is 0 Å². The molecule has 1 N–H and O–H groups in total. The highest BCUT2D eigenvalue weighted by Crippen LogP contribution is 2.34. The summed E-state index contributed by atoms with van der Waals surface area (Å²) < 4.78 is 43.4. The lowest BCUT2D eigenvalue weighted by molar-refractivity contribution is -0.384. The van der Waals surface area contributed by atoms with Crippen molar-refractivity contribution in [3.05, 3.63) is 81.1 Å². The Labute approximate surface area is 160 Å². The smallest absolute Gasteiger partial charge is 0.416 e. The van der Waals surface area contributed by atoms with E-state index >= 15 is 0 Å². The van der Waals surface area contributed by atoms with E-state index in [1.807, 2.05) is 0 Å². The van der Waals surface area contributed by atoms with Crippen molar-refractivity contribution >= 4 is 28.9 Å². The molecule has 0 atom stereocenters. The quantitative estimate of drug-likeness (QED) is 0.436. The number of halogens is 4. The van der Waals surface area contributed by atoms with Gasteiger partial charge >= 0.3 is 6.18 Å². The van der Waals surface area contributed by atoms with Crippen LogP contribution in [0.4, 0.5) is 24.5 Å². The zero-order chi connectivity index (χ0) is 20.5. The van der Waals surface area contributed by atoms with Crippen molar-refractivity contribution in [3.63, 3.8) is 0 Å². The average molecular weight is 411 g/mol. The monoisotopic (exact) mass is 410 g/mol. The van der Waals surface area contributed by atoms with Gasteiger partial charge in [0.25, 0.3) is 11.6 Å². The van der Waals surface area contributed by atoms with E-state index in [9.17, 15) is 28.1 Å². The second kappa shape index (κ2) is 7.35. The predicted molar refractivity (Wildman–Crippen MR) is 95.2 cm³/mol. The maximum Gasteiger partial charge on any atom is 0.416 e. The molecule has 2 aromatic carbocycles. The molecule has 6 nitrogen and oxygen atoms in total. The number of rotatable bonds is 4. The molecule has 0 saturated heterocycles. The van der Waals surface area contributed by atoms with Gasteiger partial charge in [0.2, 0.25) is 0 Å². The van der Waals surface area contributed by atoms with E-state index < -0.39 is 22.6 Å². The van der Waals surface area contributed by atoms with Gasteiger partial charge in [-0.2, -0.15) is 13.2 Å². The summed E-state index contributed by atoms with van der Waals surface area (Å²) in [4.78, 5) is 22.6. The van der Waals surface area contributed by atoms with E-state index in [0.717, 1.165) is 12.1 Å². The van der Waals surface area contributed by atoms with Gasteiger partial charge in [0.05, 0.1) is 21.2 Å². The molecule has 1 aromatic heterocycles. The van der Waals surface area contributed by atoms with Crippen molar-refractivity contribution in [1.82, 2.24) is 0 Å². The van der Waals surface area contributed by atoms with Crippen LogP contribution in [-0.2, 0) is 6.18 Å². The number of carbonyl (C=O) groups is 1. The molecule has 0 radical (unpaired) electrons. The van der Waals surface area contributed by atoms with E-state index in [-0.39, 0.29) is 27.9 Å². The van der Waals surface area contributed by atoms with Crippen LogP contribution in [0.3, 0.4) is 0 Å². The zero-order valence-corrected chi connectivity index (χ0v) is 14.5. The summed E-state index contributed by atoms with van der Waals surface area (Å²) in [5, 5.41) is 12.9. The van der Waals surface area contributed by atoms with Crippen LogP contribution >= 0.6 is 11.6 Å². The van der Waals surface area contributed by atoms with Crippen molar-refractivity contribution in [3.8, 4) is 11.3 Å². The van der Waals surface area contributed by atoms with Gasteiger partial charge in [-0.3, -0.25) is 14.9 Å². The standard InChI is InChI=1S/C18H10ClF3N2O4/c19-13-9-11(18(20,21)22)4-5-14(13)23-17(25)16-7-6-15(28-16)10-2-1-3-12(8-10)24(26)27/h1-9H,(H,23,25). The number of hydrogen-bond donors (Lipinski definition) is 1. The number of carbonyl (C=O) groups excluding carboxylic acids is 1. The lowest BCUT2D eigenvalue weighted by Crippen LogP contribution is -2.12. The minimum atomic E-state index is -4.56. The van der Waals surface area contributed by atoms with Crippen LogP contribution in [0.15, 0.2) is 59.0 Å². The van der Waals surface area contributed by atoms with E-state index in [4.69, 9.17) is 16.0 Å². The predicted octanol–water partition coefficient (Wildman–Crippen LogP) is 5.78. The van der Waals surface area contributed by atoms with E-state index in [0.29, 0.717) is 11.6 Å². The summed E-state index contributed by atoms with van der Waals surface area (Å²) in [6, 6.07) is 10.9. The molecule has 144 valence electrons. The second-order valence-electron chi connectivity index (χ2n) is 5.62. The number of nitro benzene ring substituents is 1. The second-order valence-corrected chi connectivity index (χ2v) is 6.03. The fourth-order valence-corrected chi connectivity index (χ4v) is 2.59. The first-order valence-corrected chi connectivity index (χ1v) is 8.06. The number of hydrogen-bond acceptors (Lipinski definition) is 4. The molecule has 1 heterocycles. The van der Waals surface area contributed by atoms with Crippen LogP contribution in [-0.4, -0.2) is 10.8 Å². The summed E-state index contributed by atoms with van der Waals surface area (Å²) in [5.41, 5.74) is -0.716. The Balaban J connectivity index is 1.80. The summed E-state index contributed by atoms with van der Waals surface area (Å²) in [6.07, 6.45) is -4.56. The third-order valence-corrected chi connectivity index (χ3v) is 4.03. The van der Waals surface area contributed by atoms with Gasteiger partial charge in [0.15, 0.2) is 5.76 Å². The number of nitrogens with zero attached hydrogens (tertiary/aromatic N) is 1. The normalized spacial score (nSPS) is 11.3. The first-order valence-electron chi connectivity index (χ1n) is 7.68. The molecule has 1 amide bonds. The summed E-state index contributed by atoms with van der Waals surface area (Å²) in [6.45, 7) is 0. The average Bonchev–Trinajstić information content (AvgIpc) is 3.13. The van der Waals surface area contributed by atoms with Gasteiger partial charge in [-0.25, -0.2) is 0 Å². The molecule has 0 bridgehead atoms. The molecule has 0 unspecified atom stereocenters. The number of benzene rings is 2. The van der Waals surface area contributed by atoms with Gasteiger partial charge in [-0.05, 0) is 30.3 Å². The van der Waals surface area contributed by atoms with Crippen molar-refractivity contribution in [2.24, 2.45) is 0 Å². The van der Waals surface area contributed by atoms with E-state index in [2.05, 4.69) is 5.32 Å². The molecule has 0 aliphatic rings. The number of amides is 1. The number of alkyl halides is 3. The van der Waals surface area contributed by atoms with Gasteiger partial charge in [-0.1, -0.05) is 23.7 Å². The Morgan fingerprint density at radius 1 is 1.11 bits per heavy atom. The molecule has 28 heavy (non-hydrogen) atoms. The molecule has 10 heteroatoms. The fourth-order valence-electron chi connectivity index (χ4n) is 2.36. The third-order valence-electron chi connectivity index (χ3n) is 3.72. The SMILES string of the molecule is O=C(Nc1ccc(C(F)(F)F)cc1Cl)c1ccc(-c2cccc([N+](=O)[O-])c2)o1. The van der Waals surface area contributed by atoms with Crippen LogP contribution in [0.5, 0.6) is 0 Å². The molecular formula is C18H10ClF3N2O4. The largest absolute Gasteiger partial charge is 0.451 e. The minimum Gasteiger partial charge on any atom is -0.451 e. The molecule has 0 saturated carbocycles. The molecule has 3 aromatic rings. The van der Waals surface area contributed by atoms with E-state index in [1.54, 1.807) is 6.07 Å². The van der Waals surface area contributed by atoms with E-state index in [1.165, 1.54) is 30.3 Å². The van der Waals surface area contributed by atoms with Crippen molar-refractivity contribution in [2.75, 3.05) is 5.32 Å². The summed E-state index contributed by atoms with van der Waals surface area (Å²) >= 11 is 5.81. The first kappa shape index (κ1) is 19.4. The Kier molecular flexibility index (Phi) is 5.10. The molecule has 0 spiro atoms. The highest BCUT2D eigenvalue weighted by atomic mass is 35.5. The van der Waals surface area contributed by atoms with Crippen molar-refractivity contribution in [1.29, 1.82) is 0 Å². The Hall–Kier alpha value is -3.33. The third kappa shape index (κ3) is 4.15. The molecule has 0 fully saturated rings. The highest BCUT2D eigenvalue weighted by Gasteiger charge is 2.31. The Morgan fingerprint density at radius 2 is 1.86 bits per heavy atom. The minimum absolute atomic E-state index is 0.0204. The molecule has 3 rings (SSSR count). The fraction of sp³-hybridized carbons (Fsp3) is 0.0556. The Morgan fingerprint density at radius 3 is 2.50 bits per heavy atom. The maximum absolute atomic E-state index is 12.7. The van der Waals surface area contributed by atoms with Crippen LogP contribution in [0, 0.1) is 10.1 Å². The highest BCUT2D eigenvalue weighted by molar-refractivity contribution is 6.34. The number of nitrogens with one attached hydrogen (secondary N) is 1. The number of furan rings is 1. The van der Waals surface area contributed by atoms with Crippen LogP contribution < -0.4 is 5.32 Å². The van der Waals surface area contributed by atoms with Crippen LogP contribution in [0.1, 0.15) is 16.1 Å². The van der Waals surface area contributed by atoms with Crippen LogP contribution in [0.25, 0.3) is 11.3 Å². The zero-order valence-electron chi connectivity index (χ0n) is 13.8. The molecular weight excluding hydrogens is 401 g/mol. The van der Waals surface area contributed by atoms with Crippen LogP contribution in [0.2, 0.25) is 5.02 Å². The topological polar surface area (TPSA) is 85.4 Å². The van der Waals surface area contributed by atoms with Gasteiger partial charge < -0.3 is 9.73 Å². The van der Waals surface area contributed by atoms with Gasteiger partial charge in [0.1, 0.15) is 5.76 Å². The molecule has 0 aliphatic heterocycles. The summed E-state index contributed by atoms with van der Waals surface area (Å²) in [5.74, 6) is -0.664. The maximum atomic E-state index is 12.7. The lowest BCUT2D eigenvalue weighted by Gasteiger charge is -2.10. The number of nitro groups is 1. The number of anilines is 1. The molecule has 0 aliphatic carbocycles. The first-order chi connectivity index (χ1) is 13.1. The van der Waals surface area contributed by atoms with Crippen molar-refractivity contribution < 1.29 is 27.3 Å². The Bertz CT molecular complexity index is 1060. The van der Waals surface area contributed by atoms with Gasteiger partial charge in [0, 0.05) is 17.7 Å². The summed E-state index contributed by atoms with van der Waals surface area (Å²) in [7, 11) is 0.